The number of rotatable bonds is 4. The highest BCUT2D eigenvalue weighted by Gasteiger charge is 2.36. The summed E-state index contributed by atoms with van der Waals surface area (Å²) in [5.74, 6) is -1.49. The first kappa shape index (κ1) is 14.9. The highest BCUT2D eigenvalue weighted by Crippen LogP contribution is 2.30. The minimum absolute atomic E-state index is 0.641. The molecular weight excluding hydrogens is 270 g/mol. The molecule has 2 unspecified atom stereocenters. The molecule has 1 aromatic rings. The predicted molar refractivity (Wildman–Crippen MR) is 80.3 cm³/mol. The lowest BCUT2D eigenvalue weighted by atomic mass is 10.1. The summed E-state index contributed by atoms with van der Waals surface area (Å²) >= 11 is 0. The van der Waals surface area contributed by atoms with Crippen LogP contribution in [0.4, 0.5) is 8.78 Å². The number of hydrogen-bond donors (Lipinski definition) is 0. The Hall–Kier alpha value is -1.00. The lowest BCUT2D eigenvalue weighted by Gasteiger charge is -2.28. The van der Waals surface area contributed by atoms with E-state index in [-0.39, 0.29) is 0 Å². The highest BCUT2D eigenvalue weighted by molar-refractivity contribution is 5.18. The van der Waals surface area contributed by atoms with Crippen molar-refractivity contribution in [1.29, 1.82) is 0 Å². The Kier molecular flexibility index (Phi) is 4.55. The summed E-state index contributed by atoms with van der Waals surface area (Å²) in [5.41, 5.74) is 0.893. The van der Waals surface area contributed by atoms with E-state index in [4.69, 9.17) is 0 Å². The van der Waals surface area contributed by atoms with Gasteiger partial charge in [-0.15, -0.1) is 0 Å². The summed E-state index contributed by atoms with van der Waals surface area (Å²) in [6, 6.07) is 5.60. The fourth-order valence-corrected chi connectivity index (χ4v) is 3.85. The van der Waals surface area contributed by atoms with Gasteiger partial charge in [0, 0.05) is 25.2 Å². The van der Waals surface area contributed by atoms with Crippen LogP contribution in [0.25, 0.3) is 0 Å². The van der Waals surface area contributed by atoms with Crippen LogP contribution in [-0.4, -0.2) is 48.1 Å². The number of nitrogens with zero attached hydrogens (tertiary/aromatic N) is 2. The normalized spacial score (nSPS) is 27.0. The standard InChI is InChI=1S/C17H24F2N2/c1-2-20-9-8-14-4-5-15(12-20)21(14)10-7-13-3-6-16(18)17(19)11-13/h3,6,11,14-15H,2,4-5,7-10,12H2,1H3. The smallest absolute Gasteiger partial charge is 0.159 e. The second kappa shape index (κ2) is 6.41. The maximum Gasteiger partial charge on any atom is 0.159 e. The largest absolute Gasteiger partial charge is 0.302 e. The van der Waals surface area contributed by atoms with Gasteiger partial charge in [0.25, 0.3) is 0 Å². The minimum Gasteiger partial charge on any atom is -0.302 e. The Bertz CT molecular complexity index is 492. The van der Waals surface area contributed by atoms with Gasteiger partial charge in [0.2, 0.25) is 0 Å². The van der Waals surface area contributed by atoms with E-state index < -0.39 is 11.6 Å². The molecular formula is C17H24F2N2. The van der Waals surface area contributed by atoms with Gasteiger partial charge >= 0.3 is 0 Å². The molecule has 0 saturated carbocycles. The molecule has 0 amide bonds. The summed E-state index contributed by atoms with van der Waals surface area (Å²) < 4.78 is 26.2. The van der Waals surface area contributed by atoms with E-state index in [0.717, 1.165) is 31.6 Å². The Morgan fingerprint density at radius 2 is 1.90 bits per heavy atom. The first-order chi connectivity index (χ1) is 10.2. The van der Waals surface area contributed by atoms with Crippen LogP contribution in [0.3, 0.4) is 0 Å². The SMILES string of the molecule is CCN1CCC2CCC(C1)N2CCc1ccc(F)c(F)c1. The van der Waals surface area contributed by atoms with Crippen molar-refractivity contribution < 1.29 is 8.78 Å². The monoisotopic (exact) mass is 294 g/mol. The van der Waals surface area contributed by atoms with E-state index in [1.54, 1.807) is 6.07 Å². The molecule has 2 nitrogen and oxygen atoms in total. The molecule has 0 radical (unpaired) electrons. The van der Waals surface area contributed by atoms with Gasteiger partial charge < -0.3 is 4.90 Å². The highest BCUT2D eigenvalue weighted by atomic mass is 19.2. The quantitative estimate of drug-likeness (QED) is 0.842. The van der Waals surface area contributed by atoms with Gasteiger partial charge in [-0.1, -0.05) is 13.0 Å². The van der Waals surface area contributed by atoms with Crippen molar-refractivity contribution in [3.05, 3.63) is 35.4 Å². The maximum absolute atomic E-state index is 13.3. The third-order valence-electron chi connectivity index (χ3n) is 5.11. The Morgan fingerprint density at radius 1 is 1.10 bits per heavy atom. The zero-order valence-corrected chi connectivity index (χ0v) is 12.7. The molecule has 21 heavy (non-hydrogen) atoms. The van der Waals surface area contributed by atoms with Crippen LogP contribution in [0.2, 0.25) is 0 Å². The van der Waals surface area contributed by atoms with Gasteiger partial charge in [0.15, 0.2) is 11.6 Å². The first-order valence-corrected chi connectivity index (χ1v) is 8.09. The van der Waals surface area contributed by atoms with Crippen molar-refractivity contribution in [3.63, 3.8) is 0 Å². The van der Waals surface area contributed by atoms with Gasteiger partial charge in [-0.2, -0.15) is 0 Å². The maximum atomic E-state index is 13.3. The molecule has 3 rings (SSSR count). The van der Waals surface area contributed by atoms with Gasteiger partial charge in [0.05, 0.1) is 0 Å². The molecule has 2 atom stereocenters. The third-order valence-corrected chi connectivity index (χ3v) is 5.11. The van der Waals surface area contributed by atoms with Crippen LogP contribution in [0.1, 0.15) is 31.7 Å². The van der Waals surface area contributed by atoms with E-state index in [0.29, 0.717) is 12.1 Å². The molecule has 0 N–H and O–H groups in total. The molecule has 2 bridgehead atoms. The summed E-state index contributed by atoms with van der Waals surface area (Å²) in [4.78, 5) is 5.14. The number of halogens is 2. The summed E-state index contributed by atoms with van der Waals surface area (Å²) in [7, 11) is 0. The van der Waals surface area contributed by atoms with E-state index >= 15 is 0 Å². The molecule has 0 spiro atoms. The molecule has 1 aromatic carbocycles. The molecule has 116 valence electrons. The fourth-order valence-electron chi connectivity index (χ4n) is 3.85. The van der Waals surface area contributed by atoms with Crippen LogP contribution >= 0.6 is 0 Å². The Morgan fingerprint density at radius 3 is 2.67 bits per heavy atom. The van der Waals surface area contributed by atoms with Crippen LogP contribution in [0.5, 0.6) is 0 Å². The van der Waals surface area contributed by atoms with Crippen molar-refractivity contribution in [1.82, 2.24) is 9.80 Å². The molecule has 2 fully saturated rings. The average Bonchev–Trinajstić information content (AvgIpc) is 2.75. The number of benzene rings is 1. The minimum atomic E-state index is -0.757. The van der Waals surface area contributed by atoms with Gasteiger partial charge in [0.1, 0.15) is 0 Å². The van der Waals surface area contributed by atoms with Crippen LogP contribution in [0, 0.1) is 11.6 Å². The second-order valence-corrected chi connectivity index (χ2v) is 6.30. The van der Waals surface area contributed by atoms with E-state index in [9.17, 15) is 8.78 Å². The predicted octanol–water partition coefficient (Wildman–Crippen LogP) is 3.07. The second-order valence-electron chi connectivity index (χ2n) is 6.30. The molecule has 0 aliphatic carbocycles. The topological polar surface area (TPSA) is 6.48 Å². The van der Waals surface area contributed by atoms with Crippen LogP contribution in [-0.2, 0) is 6.42 Å². The fraction of sp³-hybridized carbons (Fsp3) is 0.647. The molecule has 2 heterocycles. The summed E-state index contributed by atoms with van der Waals surface area (Å²) in [6.45, 7) is 6.66. The van der Waals surface area contributed by atoms with Crippen molar-refractivity contribution in [2.24, 2.45) is 0 Å². The number of fused-ring (bicyclic) bond motifs is 2. The van der Waals surface area contributed by atoms with Gasteiger partial charge in [-0.25, -0.2) is 8.78 Å². The zero-order chi connectivity index (χ0) is 14.8. The summed E-state index contributed by atoms with van der Waals surface area (Å²) in [6.07, 6.45) is 4.61. The lowest BCUT2D eigenvalue weighted by molar-refractivity contribution is 0.189. The average molecular weight is 294 g/mol. The number of likely N-dealkylation sites (N-methyl/N-ethyl adjacent to an activating group) is 1. The number of likely N-dealkylation sites (tertiary alicyclic amines) is 1. The molecule has 2 saturated heterocycles. The first-order valence-electron chi connectivity index (χ1n) is 8.09. The van der Waals surface area contributed by atoms with Gasteiger partial charge in [-0.3, -0.25) is 4.90 Å². The molecule has 2 aliphatic heterocycles. The number of hydrogen-bond acceptors (Lipinski definition) is 2. The third kappa shape index (κ3) is 3.27. The van der Waals surface area contributed by atoms with Crippen molar-refractivity contribution >= 4 is 0 Å². The van der Waals surface area contributed by atoms with Crippen LogP contribution in [0.15, 0.2) is 18.2 Å². The lowest BCUT2D eigenvalue weighted by Crippen LogP contribution is -2.40. The molecule has 0 aromatic heterocycles. The van der Waals surface area contributed by atoms with Gasteiger partial charge in [-0.05, 0) is 56.5 Å². The van der Waals surface area contributed by atoms with Crippen molar-refractivity contribution in [3.8, 4) is 0 Å². The van der Waals surface area contributed by atoms with E-state index in [1.807, 2.05) is 0 Å². The van der Waals surface area contributed by atoms with E-state index in [2.05, 4.69) is 16.7 Å². The summed E-state index contributed by atoms with van der Waals surface area (Å²) in [5, 5.41) is 0. The molecule has 4 heteroatoms. The molecule has 2 aliphatic rings. The van der Waals surface area contributed by atoms with Crippen LogP contribution < -0.4 is 0 Å². The zero-order valence-electron chi connectivity index (χ0n) is 12.7. The van der Waals surface area contributed by atoms with Crippen molar-refractivity contribution in [2.75, 3.05) is 26.2 Å². The Balaban J connectivity index is 1.63. The van der Waals surface area contributed by atoms with Crippen molar-refractivity contribution in [2.45, 2.75) is 44.7 Å². The van der Waals surface area contributed by atoms with E-state index in [1.165, 1.54) is 37.9 Å². The Labute approximate surface area is 125 Å².